The van der Waals surface area contributed by atoms with Crippen molar-refractivity contribution in [1.82, 2.24) is 5.32 Å². The molecule has 4 heteroatoms. The Morgan fingerprint density at radius 3 is 3.00 bits per heavy atom. The lowest BCUT2D eigenvalue weighted by molar-refractivity contribution is -0.139. The van der Waals surface area contributed by atoms with Gasteiger partial charge >= 0.3 is 5.97 Å². The van der Waals surface area contributed by atoms with Crippen molar-refractivity contribution >= 4 is 17.7 Å². The van der Waals surface area contributed by atoms with E-state index in [-0.39, 0.29) is 11.3 Å². The largest absolute Gasteiger partial charge is 0.480 e. The minimum absolute atomic E-state index is 0.251. The summed E-state index contributed by atoms with van der Waals surface area (Å²) in [6.07, 6.45) is 0.925. The highest BCUT2D eigenvalue weighted by molar-refractivity contribution is 8.00. The van der Waals surface area contributed by atoms with Crippen LogP contribution in [0.15, 0.2) is 0 Å². The van der Waals surface area contributed by atoms with Crippen LogP contribution in [0.5, 0.6) is 0 Å². The second-order valence-electron chi connectivity index (χ2n) is 2.59. The first-order valence-electron chi connectivity index (χ1n) is 3.83. The summed E-state index contributed by atoms with van der Waals surface area (Å²) < 4.78 is 0. The van der Waals surface area contributed by atoms with E-state index in [1.54, 1.807) is 11.8 Å². The number of thioether (sulfide) groups is 1. The zero-order valence-electron chi connectivity index (χ0n) is 6.54. The molecule has 0 spiro atoms. The Morgan fingerprint density at radius 2 is 2.55 bits per heavy atom. The van der Waals surface area contributed by atoms with Gasteiger partial charge in [0.1, 0.15) is 6.04 Å². The quantitative estimate of drug-likeness (QED) is 0.643. The number of carbonyl (C=O) groups is 1. The molecular formula is C7H13NO2S. The zero-order valence-corrected chi connectivity index (χ0v) is 7.36. The Balaban J connectivity index is 2.51. The lowest BCUT2D eigenvalue weighted by Gasteiger charge is -2.27. The van der Waals surface area contributed by atoms with E-state index in [0.717, 1.165) is 18.7 Å². The van der Waals surface area contributed by atoms with Crippen molar-refractivity contribution in [3.8, 4) is 0 Å². The van der Waals surface area contributed by atoms with Gasteiger partial charge in [0.2, 0.25) is 0 Å². The molecule has 64 valence electrons. The molecule has 0 radical (unpaired) electrons. The Bertz CT molecular complexity index is 151. The molecule has 3 nitrogen and oxygen atoms in total. The van der Waals surface area contributed by atoms with E-state index < -0.39 is 5.97 Å². The van der Waals surface area contributed by atoms with Gasteiger partial charge in [-0.25, -0.2) is 0 Å². The number of hydrogen-bond donors (Lipinski definition) is 2. The summed E-state index contributed by atoms with van der Waals surface area (Å²) in [5, 5.41) is 12.0. The Labute approximate surface area is 70.6 Å². The predicted octanol–water partition coefficient (Wildman–Crippen LogP) is 0.555. The molecule has 2 N–H and O–H groups in total. The maximum absolute atomic E-state index is 10.6. The molecule has 1 rings (SSSR count). The molecule has 1 saturated heterocycles. The fourth-order valence-electron chi connectivity index (χ4n) is 1.25. The van der Waals surface area contributed by atoms with E-state index in [0.29, 0.717) is 0 Å². The van der Waals surface area contributed by atoms with Gasteiger partial charge in [0, 0.05) is 17.5 Å². The van der Waals surface area contributed by atoms with Crippen LogP contribution in [0.2, 0.25) is 0 Å². The highest BCUT2D eigenvalue weighted by atomic mass is 32.2. The van der Waals surface area contributed by atoms with E-state index >= 15 is 0 Å². The summed E-state index contributed by atoms with van der Waals surface area (Å²) in [4.78, 5) is 10.6. The third-order valence-electron chi connectivity index (χ3n) is 1.84. The average Bonchev–Trinajstić information content (AvgIpc) is 2.04. The molecule has 1 fully saturated rings. The van der Waals surface area contributed by atoms with Gasteiger partial charge < -0.3 is 10.4 Å². The van der Waals surface area contributed by atoms with Crippen LogP contribution < -0.4 is 5.32 Å². The van der Waals surface area contributed by atoms with E-state index in [2.05, 4.69) is 5.32 Å². The fourth-order valence-corrected chi connectivity index (χ4v) is 2.43. The number of nitrogens with one attached hydrogen (secondary N) is 1. The van der Waals surface area contributed by atoms with Gasteiger partial charge in [-0.05, 0) is 6.42 Å². The highest BCUT2D eigenvalue weighted by Crippen LogP contribution is 2.21. The normalized spacial score (nSPS) is 31.7. The summed E-state index contributed by atoms with van der Waals surface area (Å²) in [5.41, 5.74) is 0. The van der Waals surface area contributed by atoms with Gasteiger partial charge in [0.25, 0.3) is 0 Å². The van der Waals surface area contributed by atoms with Gasteiger partial charge in [0.05, 0.1) is 0 Å². The number of carboxylic acids is 1. The molecule has 0 bridgehead atoms. The molecular weight excluding hydrogens is 162 g/mol. The van der Waals surface area contributed by atoms with Crippen LogP contribution in [0.3, 0.4) is 0 Å². The fraction of sp³-hybridized carbons (Fsp3) is 0.857. The first-order valence-corrected chi connectivity index (χ1v) is 4.88. The molecule has 0 aromatic heterocycles. The molecule has 11 heavy (non-hydrogen) atoms. The standard InChI is InChI=1S/C7H13NO2S/c1-2-5-6(7(9)10)8-3-4-11-5/h5-6,8H,2-4H2,1H3,(H,9,10). The number of carboxylic acid groups (broad SMARTS) is 1. The SMILES string of the molecule is CCC1SCCNC1C(=O)O. The van der Waals surface area contributed by atoms with Crippen LogP contribution in [0.1, 0.15) is 13.3 Å². The first-order chi connectivity index (χ1) is 5.25. The average molecular weight is 175 g/mol. The lowest BCUT2D eigenvalue weighted by Crippen LogP contribution is -2.48. The lowest BCUT2D eigenvalue weighted by atomic mass is 10.1. The minimum Gasteiger partial charge on any atom is -0.480 e. The van der Waals surface area contributed by atoms with Crippen LogP contribution in [-0.4, -0.2) is 34.7 Å². The maximum Gasteiger partial charge on any atom is 0.321 e. The molecule has 1 aliphatic heterocycles. The Kier molecular flexibility index (Phi) is 3.20. The van der Waals surface area contributed by atoms with Crippen molar-refractivity contribution in [2.45, 2.75) is 24.6 Å². The molecule has 2 atom stereocenters. The Hall–Kier alpha value is -0.220. The molecule has 0 aromatic rings. The first kappa shape index (κ1) is 8.87. The van der Waals surface area contributed by atoms with Crippen molar-refractivity contribution in [1.29, 1.82) is 0 Å². The van der Waals surface area contributed by atoms with Crippen molar-refractivity contribution in [2.24, 2.45) is 0 Å². The summed E-state index contributed by atoms with van der Waals surface area (Å²) >= 11 is 1.76. The van der Waals surface area contributed by atoms with Crippen LogP contribution in [0.4, 0.5) is 0 Å². The van der Waals surface area contributed by atoms with Crippen LogP contribution in [0, 0.1) is 0 Å². The number of hydrogen-bond acceptors (Lipinski definition) is 3. The Morgan fingerprint density at radius 1 is 1.82 bits per heavy atom. The second kappa shape index (κ2) is 3.97. The molecule has 2 unspecified atom stereocenters. The summed E-state index contributed by atoms with van der Waals surface area (Å²) in [5.74, 6) is 0.312. The number of rotatable bonds is 2. The van der Waals surface area contributed by atoms with Gasteiger partial charge in [-0.2, -0.15) is 11.8 Å². The van der Waals surface area contributed by atoms with Gasteiger partial charge in [0.15, 0.2) is 0 Å². The highest BCUT2D eigenvalue weighted by Gasteiger charge is 2.29. The van der Waals surface area contributed by atoms with Crippen LogP contribution in [-0.2, 0) is 4.79 Å². The third-order valence-corrected chi connectivity index (χ3v) is 3.31. The monoisotopic (exact) mass is 175 g/mol. The summed E-state index contributed by atoms with van der Waals surface area (Å²) in [6.45, 7) is 2.85. The predicted molar refractivity (Wildman–Crippen MR) is 46.0 cm³/mol. The van der Waals surface area contributed by atoms with E-state index in [1.165, 1.54) is 0 Å². The summed E-state index contributed by atoms with van der Waals surface area (Å²) in [6, 6.07) is -0.334. The summed E-state index contributed by atoms with van der Waals surface area (Å²) in [7, 11) is 0. The molecule has 0 amide bonds. The number of aliphatic carboxylic acids is 1. The van der Waals surface area contributed by atoms with E-state index in [9.17, 15) is 4.79 Å². The van der Waals surface area contributed by atoms with Crippen molar-refractivity contribution in [3.05, 3.63) is 0 Å². The van der Waals surface area contributed by atoms with E-state index in [1.807, 2.05) is 6.92 Å². The van der Waals surface area contributed by atoms with Gasteiger partial charge in [-0.3, -0.25) is 4.79 Å². The van der Waals surface area contributed by atoms with E-state index in [4.69, 9.17) is 5.11 Å². The molecule has 0 aliphatic carbocycles. The van der Waals surface area contributed by atoms with Crippen molar-refractivity contribution in [3.63, 3.8) is 0 Å². The zero-order chi connectivity index (χ0) is 8.27. The molecule has 0 saturated carbocycles. The maximum atomic E-state index is 10.6. The molecule has 0 aromatic carbocycles. The van der Waals surface area contributed by atoms with Crippen molar-refractivity contribution < 1.29 is 9.90 Å². The molecule has 1 heterocycles. The van der Waals surface area contributed by atoms with Crippen molar-refractivity contribution in [2.75, 3.05) is 12.3 Å². The second-order valence-corrected chi connectivity index (χ2v) is 3.93. The smallest absolute Gasteiger partial charge is 0.321 e. The minimum atomic E-state index is -0.718. The van der Waals surface area contributed by atoms with Crippen LogP contribution >= 0.6 is 11.8 Å². The molecule has 1 aliphatic rings. The third kappa shape index (κ3) is 2.10. The topological polar surface area (TPSA) is 49.3 Å². The van der Waals surface area contributed by atoms with Gasteiger partial charge in [-0.15, -0.1) is 0 Å². The van der Waals surface area contributed by atoms with Crippen LogP contribution in [0.25, 0.3) is 0 Å². The van der Waals surface area contributed by atoms with Gasteiger partial charge in [-0.1, -0.05) is 6.92 Å².